The van der Waals surface area contributed by atoms with Gasteiger partial charge in [0.2, 0.25) is 0 Å². The number of rotatable bonds is 3. The summed E-state index contributed by atoms with van der Waals surface area (Å²) in [7, 11) is -3.22. The normalized spacial score (nSPS) is 28.8. The van der Waals surface area contributed by atoms with Gasteiger partial charge < -0.3 is 4.79 Å². The van der Waals surface area contributed by atoms with Crippen LogP contribution in [0.4, 0.5) is 4.39 Å². The zero-order chi connectivity index (χ0) is 11.9. The Bertz CT molecular complexity index is 507. The Morgan fingerprint density at radius 3 is 2.19 bits per heavy atom. The molecular weight excluding hydrogens is 231 g/mol. The highest BCUT2D eigenvalue weighted by Gasteiger charge is 2.57. The third-order valence-corrected chi connectivity index (χ3v) is 4.51. The first-order chi connectivity index (χ1) is 7.45. The van der Waals surface area contributed by atoms with Crippen molar-refractivity contribution in [3.05, 3.63) is 35.6 Å². The van der Waals surface area contributed by atoms with E-state index in [-0.39, 0.29) is 11.7 Å². The molecule has 5 heteroatoms. The van der Waals surface area contributed by atoms with E-state index < -0.39 is 21.0 Å². The van der Waals surface area contributed by atoms with Crippen molar-refractivity contribution in [1.82, 2.24) is 0 Å². The van der Waals surface area contributed by atoms with E-state index in [1.165, 1.54) is 24.3 Å². The van der Waals surface area contributed by atoms with Crippen molar-refractivity contribution in [1.29, 1.82) is 0 Å². The second-order valence-electron chi connectivity index (χ2n) is 4.08. The van der Waals surface area contributed by atoms with Crippen LogP contribution in [0.15, 0.2) is 24.3 Å². The Morgan fingerprint density at radius 1 is 1.25 bits per heavy atom. The van der Waals surface area contributed by atoms with Crippen LogP contribution in [0.5, 0.6) is 0 Å². The fraction of sp³-hybridized carbons (Fsp3) is 0.364. The van der Waals surface area contributed by atoms with E-state index in [1.807, 2.05) is 0 Å². The topological polar surface area (TPSA) is 51.2 Å². The lowest BCUT2D eigenvalue weighted by molar-refractivity contribution is -0.108. The minimum Gasteiger partial charge on any atom is -0.303 e. The first-order valence-corrected chi connectivity index (χ1v) is 6.80. The number of aldehydes is 1. The third kappa shape index (κ3) is 1.87. The fourth-order valence-electron chi connectivity index (χ4n) is 2.12. The first kappa shape index (κ1) is 11.3. The maximum atomic E-state index is 12.7. The molecule has 1 fully saturated rings. The van der Waals surface area contributed by atoms with Gasteiger partial charge in [-0.1, -0.05) is 12.1 Å². The van der Waals surface area contributed by atoms with Gasteiger partial charge in [-0.25, -0.2) is 12.8 Å². The number of hydrogen-bond acceptors (Lipinski definition) is 3. The lowest BCUT2D eigenvalue weighted by atomic mass is 10.1. The van der Waals surface area contributed by atoms with E-state index in [2.05, 4.69) is 0 Å². The second-order valence-corrected chi connectivity index (χ2v) is 6.29. The van der Waals surface area contributed by atoms with Crippen molar-refractivity contribution in [3.63, 3.8) is 0 Å². The molecule has 0 aromatic heterocycles. The summed E-state index contributed by atoms with van der Waals surface area (Å²) in [6.07, 6.45) is 1.79. The van der Waals surface area contributed by atoms with Crippen LogP contribution in [0, 0.1) is 11.7 Å². The lowest BCUT2D eigenvalue weighted by Crippen LogP contribution is -2.07. The van der Waals surface area contributed by atoms with Gasteiger partial charge in [0.05, 0.1) is 5.25 Å². The van der Waals surface area contributed by atoms with Crippen LogP contribution in [0.1, 0.15) is 11.5 Å². The minimum atomic E-state index is -3.22. The van der Waals surface area contributed by atoms with Crippen LogP contribution in [0.25, 0.3) is 0 Å². The lowest BCUT2D eigenvalue weighted by Gasteiger charge is -1.98. The number of benzene rings is 1. The van der Waals surface area contributed by atoms with Crippen molar-refractivity contribution in [3.8, 4) is 0 Å². The molecule has 1 aromatic carbocycles. The molecule has 1 saturated carbocycles. The van der Waals surface area contributed by atoms with E-state index in [0.717, 1.165) is 6.26 Å². The number of hydrogen-bond donors (Lipinski definition) is 0. The number of carbonyl (C=O) groups excluding carboxylic acids is 1. The Labute approximate surface area is 93.2 Å². The van der Waals surface area contributed by atoms with Crippen LogP contribution >= 0.6 is 0 Å². The fourth-order valence-corrected chi connectivity index (χ4v) is 3.70. The molecule has 86 valence electrons. The molecule has 1 aliphatic carbocycles. The quantitative estimate of drug-likeness (QED) is 0.747. The summed E-state index contributed by atoms with van der Waals surface area (Å²) in [6, 6.07) is 5.60. The van der Waals surface area contributed by atoms with Gasteiger partial charge in [-0.15, -0.1) is 0 Å². The monoisotopic (exact) mass is 242 g/mol. The summed E-state index contributed by atoms with van der Waals surface area (Å²) >= 11 is 0. The Morgan fingerprint density at radius 2 is 1.81 bits per heavy atom. The predicted molar refractivity (Wildman–Crippen MR) is 57.3 cm³/mol. The minimum absolute atomic E-state index is 0.312. The van der Waals surface area contributed by atoms with Crippen LogP contribution < -0.4 is 0 Å². The molecule has 0 N–H and O–H groups in total. The molecule has 0 spiro atoms. The molecule has 1 aliphatic rings. The molecule has 0 saturated heterocycles. The highest BCUT2D eigenvalue weighted by Crippen LogP contribution is 2.50. The number of sulfone groups is 1. The Kier molecular flexibility index (Phi) is 2.58. The van der Waals surface area contributed by atoms with E-state index in [1.54, 1.807) is 0 Å². The van der Waals surface area contributed by atoms with E-state index in [9.17, 15) is 17.6 Å². The van der Waals surface area contributed by atoms with Crippen molar-refractivity contribution in [2.45, 2.75) is 11.2 Å². The zero-order valence-electron chi connectivity index (χ0n) is 8.63. The summed E-state index contributed by atoms with van der Waals surface area (Å²) in [4.78, 5) is 10.7. The summed E-state index contributed by atoms with van der Waals surface area (Å²) in [6.45, 7) is 0. The van der Waals surface area contributed by atoms with Gasteiger partial charge in [-0.3, -0.25) is 0 Å². The molecule has 3 nitrogen and oxygen atoms in total. The predicted octanol–water partition coefficient (Wildman–Crippen LogP) is 1.15. The third-order valence-electron chi connectivity index (χ3n) is 2.91. The van der Waals surface area contributed by atoms with Crippen LogP contribution in [0.2, 0.25) is 0 Å². The maximum absolute atomic E-state index is 12.7. The summed E-state index contributed by atoms with van der Waals surface area (Å²) in [5, 5.41) is -0.643. The average Bonchev–Trinajstić information content (AvgIpc) is 2.92. The van der Waals surface area contributed by atoms with Crippen molar-refractivity contribution in [2.75, 3.05) is 6.26 Å². The molecule has 0 unspecified atom stereocenters. The SMILES string of the molecule is CS(=O)(=O)[C@@H]1[C@@H](C=O)[C@H]1c1ccc(F)cc1. The molecule has 0 amide bonds. The van der Waals surface area contributed by atoms with Gasteiger partial charge in [-0.05, 0) is 17.7 Å². The molecule has 0 bridgehead atoms. The summed E-state index contributed by atoms with van der Waals surface area (Å²) in [5.74, 6) is -1.17. The van der Waals surface area contributed by atoms with Crippen LogP contribution in [-0.4, -0.2) is 26.2 Å². The molecule has 0 heterocycles. The van der Waals surface area contributed by atoms with Gasteiger partial charge in [0, 0.05) is 18.1 Å². The van der Waals surface area contributed by atoms with Gasteiger partial charge in [-0.2, -0.15) is 0 Å². The van der Waals surface area contributed by atoms with Crippen molar-refractivity contribution in [2.24, 2.45) is 5.92 Å². The number of carbonyl (C=O) groups is 1. The van der Waals surface area contributed by atoms with Gasteiger partial charge in [0.15, 0.2) is 9.84 Å². The van der Waals surface area contributed by atoms with E-state index >= 15 is 0 Å². The molecule has 2 rings (SSSR count). The molecule has 3 atom stereocenters. The van der Waals surface area contributed by atoms with E-state index in [0.29, 0.717) is 11.8 Å². The van der Waals surface area contributed by atoms with Gasteiger partial charge in [0.25, 0.3) is 0 Å². The standard InChI is InChI=1S/C11H11FO3S/c1-16(14,15)11-9(6-13)10(11)7-2-4-8(12)5-3-7/h2-6,9-11H,1H3/t9-,10+,11+/m0/s1. The van der Waals surface area contributed by atoms with E-state index in [4.69, 9.17) is 0 Å². The molecule has 1 aromatic rings. The smallest absolute Gasteiger partial charge is 0.151 e. The zero-order valence-corrected chi connectivity index (χ0v) is 9.45. The molecule has 16 heavy (non-hydrogen) atoms. The van der Waals surface area contributed by atoms with Crippen molar-refractivity contribution < 1.29 is 17.6 Å². The van der Waals surface area contributed by atoms with Gasteiger partial charge in [0.1, 0.15) is 12.1 Å². The van der Waals surface area contributed by atoms with Crippen molar-refractivity contribution >= 4 is 16.1 Å². The molecular formula is C11H11FO3S. The highest BCUT2D eigenvalue weighted by atomic mass is 32.2. The highest BCUT2D eigenvalue weighted by molar-refractivity contribution is 7.91. The molecule has 0 radical (unpaired) electrons. The summed E-state index contributed by atoms with van der Waals surface area (Å²) < 4.78 is 35.5. The van der Waals surface area contributed by atoms with Crippen LogP contribution in [0.3, 0.4) is 0 Å². The van der Waals surface area contributed by atoms with Gasteiger partial charge >= 0.3 is 0 Å². The maximum Gasteiger partial charge on any atom is 0.151 e. The second kappa shape index (κ2) is 3.66. The molecule has 0 aliphatic heterocycles. The van der Waals surface area contributed by atoms with Crippen LogP contribution in [-0.2, 0) is 14.6 Å². The summed E-state index contributed by atoms with van der Waals surface area (Å²) in [5.41, 5.74) is 0.703. The first-order valence-electron chi connectivity index (χ1n) is 4.85. The largest absolute Gasteiger partial charge is 0.303 e. The average molecular weight is 242 g/mol. The Balaban J connectivity index is 2.30. The number of halogens is 1. The Hall–Kier alpha value is -1.23.